The Labute approximate surface area is 179 Å². The number of carbonyl (C=O) groups excluding carboxylic acids is 1. The number of amides is 1. The quantitative estimate of drug-likeness (QED) is 0.748. The van der Waals surface area contributed by atoms with Gasteiger partial charge in [-0.1, -0.05) is 43.7 Å². The van der Waals surface area contributed by atoms with E-state index in [1.54, 1.807) is 12.1 Å². The van der Waals surface area contributed by atoms with Crippen molar-refractivity contribution in [3.63, 3.8) is 0 Å². The van der Waals surface area contributed by atoms with Crippen molar-refractivity contribution in [2.45, 2.75) is 68.7 Å². The number of piperidine rings is 1. The Balaban J connectivity index is 1.69. The van der Waals surface area contributed by atoms with E-state index in [1.165, 1.54) is 36.7 Å². The second-order valence-electron chi connectivity index (χ2n) is 8.05. The largest absolute Gasteiger partial charge is 0.495 e. The Bertz CT molecular complexity index is 807. The molecule has 1 atom stereocenters. The maximum Gasteiger partial charge on any atom is 0.246 e. The van der Waals surface area contributed by atoms with Crippen molar-refractivity contribution in [1.29, 1.82) is 0 Å². The van der Waals surface area contributed by atoms with Gasteiger partial charge >= 0.3 is 0 Å². The van der Waals surface area contributed by atoms with Gasteiger partial charge in [0.15, 0.2) is 0 Å². The van der Waals surface area contributed by atoms with Gasteiger partial charge in [-0.05, 0) is 43.9 Å². The van der Waals surface area contributed by atoms with Gasteiger partial charge in [0.1, 0.15) is 10.6 Å². The molecule has 1 heterocycles. The van der Waals surface area contributed by atoms with E-state index in [4.69, 9.17) is 16.3 Å². The van der Waals surface area contributed by atoms with Crippen LogP contribution in [0.4, 0.5) is 0 Å². The number of nitrogens with zero attached hydrogens (tertiary/aromatic N) is 1. The zero-order valence-corrected chi connectivity index (χ0v) is 18.6. The molecule has 1 N–H and O–H groups in total. The topological polar surface area (TPSA) is 75.7 Å². The highest BCUT2D eigenvalue weighted by atomic mass is 35.5. The molecule has 1 aromatic carbocycles. The average molecular weight is 443 g/mol. The highest BCUT2D eigenvalue weighted by molar-refractivity contribution is 7.89. The molecule has 0 unspecified atom stereocenters. The molecule has 1 aliphatic heterocycles. The van der Waals surface area contributed by atoms with Gasteiger partial charge in [0, 0.05) is 24.2 Å². The van der Waals surface area contributed by atoms with Gasteiger partial charge < -0.3 is 10.1 Å². The number of halogens is 1. The van der Waals surface area contributed by atoms with Crippen LogP contribution in [0.3, 0.4) is 0 Å². The molecule has 1 aromatic rings. The third kappa shape index (κ3) is 5.64. The number of hydrogen-bond donors (Lipinski definition) is 1. The number of benzene rings is 1. The number of ether oxygens (including phenoxy) is 1. The molecule has 162 valence electrons. The third-order valence-electron chi connectivity index (χ3n) is 5.95. The van der Waals surface area contributed by atoms with Crippen LogP contribution < -0.4 is 10.1 Å². The Morgan fingerprint density at radius 3 is 2.48 bits per heavy atom. The van der Waals surface area contributed by atoms with Crippen LogP contribution in [-0.2, 0) is 14.8 Å². The lowest BCUT2D eigenvalue weighted by Crippen LogP contribution is -2.47. The molecule has 1 saturated heterocycles. The fourth-order valence-corrected chi connectivity index (χ4v) is 6.23. The first kappa shape index (κ1) is 22.4. The van der Waals surface area contributed by atoms with Crippen LogP contribution in [0.5, 0.6) is 5.75 Å². The molecule has 2 aliphatic rings. The minimum atomic E-state index is -3.79. The normalized spacial score (nSPS) is 22.5. The highest BCUT2D eigenvalue weighted by Gasteiger charge is 2.35. The SMILES string of the molecule is COc1ccc(Cl)cc1S(=O)(=O)N1CCC[C@H](C(=O)NC2CCCCCCC2)C1. The van der Waals surface area contributed by atoms with E-state index in [1.807, 2.05) is 0 Å². The highest BCUT2D eigenvalue weighted by Crippen LogP contribution is 2.32. The molecule has 1 aliphatic carbocycles. The first-order chi connectivity index (χ1) is 13.9. The van der Waals surface area contributed by atoms with Crippen LogP contribution in [0, 0.1) is 5.92 Å². The summed E-state index contributed by atoms with van der Waals surface area (Å²) in [6.07, 6.45) is 9.41. The molecule has 1 saturated carbocycles. The Morgan fingerprint density at radius 2 is 1.79 bits per heavy atom. The van der Waals surface area contributed by atoms with Gasteiger partial charge in [-0.3, -0.25) is 4.79 Å². The summed E-state index contributed by atoms with van der Waals surface area (Å²) in [6, 6.07) is 4.77. The Kier molecular flexibility index (Phi) is 7.82. The second kappa shape index (κ2) is 10.1. The molecule has 6 nitrogen and oxygen atoms in total. The fourth-order valence-electron chi connectivity index (χ4n) is 4.29. The van der Waals surface area contributed by atoms with Crippen molar-refractivity contribution in [3.8, 4) is 5.75 Å². The summed E-state index contributed by atoms with van der Waals surface area (Å²) >= 11 is 6.03. The molecule has 0 bridgehead atoms. The molecule has 3 rings (SSSR count). The molecule has 2 fully saturated rings. The summed E-state index contributed by atoms with van der Waals surface area (Å²) in [5.74, 6) is -0.0850. The van der Waals surface area contributed by atoms with Gasteiger partial charge in [0.2, 0.25) is 15.9 Å². The third-order valence-corrected chi connectivity index (χ3v) is 8.07. The maximum atomic E-state index is 13.2. The van der Waals surface area contributed by atoms with Crippen LogP contribution in [-0.4, -0.2) is 44.9 Å². The van der Waals surface area contributed by atoms with Gasteiger partial charge in [-0.15, -0.1) is 0 Å². The molecule has 0 spiro atoms. The molecule has 0 aromatic heterocycles. The van der Waals surface area contributed by atoms with E-state index in [9.17, 15) is 13.2 Å². The first-order valence-corrected chi connectivity index (χ1v) is 12.4. The number of rotatable bonds is 5. The number of hydrogen-bond acceptors (Lipinski definition) is 4. The minimum Gasteiger partial charge on any atom is -0.495 e. The van der Waals surface area contributed by atoms with Crippen molar-refractivity contribution >= 4 is 27.5 Å². The lowest BCUT2D eigenvalue weighted by Gasteiger charge is -2.32. The van der Waals surface area contributed by atoms with E-state index in [0.717, 1.165) is 25.7 Å². The Morgan fingerprint density at radius 1 is 1.10 bits per heavy atom. The standard InChI is InChI=1S/C21H31ClN2O4S/c1-28-19-12-11-17(22)14-20(19)29(26,27)24-13-7-8-16(15-24)21(25)23-18-9-5-3-2-4-6-10-18/h11-12,14,16,18H,2-10,13,15H2,1H3,(H,23,25)/t16-/m0/s1. The lowest BCUT2D eigenvalue weighted by molar-refractivity contribution is -0.126. The molecular weight excluding hydrogens is 412 g/mol. The van der Waals surface area contributed by atoms with Crippen molar-refractivity contribution in [2.75, 3.05) is 20.2 Å². The Hall–Kier alpha value is -1.31. The second-order valence-corrected chi connectivity index (χ2v) is 10.4. The van der Waals surface area contributed by atoms with Gasteiger partial charge in [0.25, 0.3) is 0 Å². The van der Waals surface area contributed by atoms with Crippen LogP contribution in [0.15, 0.2) is 23.1 Å². The summed E-state index contributed by atoms with van der Waals surface area (Å²) in [6.45, 7) is 0.585. The summed E-state index contributed by atoms with van der Waals surface area (Å²) in [5, 5.41) is 3.53. The van der Waals surface area contributed by atoms with Gasteiger partial charge in [-0.2, -0.15) is 4.31 Å². The summed E-state index contributed by atoms with van der Waals surface area (Å²) in [7, 11) is -2.36. The van der Waals surface area contributed by atoms with Crippen LogP contribution in [0.1, 0.15) is 57.8 Å². The number of carbonyl (C=O) groups is 1. The van der Waals surface area contributed by atoms with Crippen molar-refractivity contribution in [2.24, 2.45) is 5.92 Å². The summed E-state index contributed by atoms with van der Waals surface area (Å²) < 4.78 is 33.1. The van der Waals surface area contributed by atoms with E-state index >= 15 is 0 Å². The van der Waals surface area contributed by atoms with Crippen LogP contribution in [0.2, 0.25) is 5.02 Å². The predicted molar refractivity (Wildman–Crippen MR) is 114 cm³/mol. The van der Waals surface area contributed by atoms with Gasteiger partial charge in [0.05, 0.1) is 13.0 Å². The summed E-state index contributed by atoms with van der Waals surface area (Å²) in [5.41, 5.74) is 0. The maximum absolute atomic E-state index is 13.2. The smallest absolute Gasteiger partial charge is 0.246 e. The van der Waals surface area contributed by atoms with Crippen molar-refractivity contribution < 1.29 is 17.9 Å². The number of sulfonamides is 1. The van der Waals surface area contributed by atoms with E-state index in [0.29, 0.717) is 24.4 Å². The van der Waals surface area contributed by atoms with Crippen LogP contribution >= 0.6 is 11.6 Å². The molecular formula is C21H31ClN2O4S. The molecule has 8 heteroatoms. The minimum absolute atomic E-state index is 0.0199. The molecule has 1 amide bonds. The van der Waals surface area contributed by atoms with Crippen molar-refractivity contribution in [3.05, 3.63) is 23.2 Å². The average Bonchev–Trinajstić information content (AvgIpc) is 2.70. The number of methoxy groups -OCH3 is 1. The monoisotopic (exact) mass is 442 g/mol. The van der Waals surface area contributed by atoms with E-state index < -0.39 is 10.0 Å². The van der Waals surface area contributed by atoms with Crippen molar-refractivity contribution in [1.82, 2.24) is 9.62 Å². The first-order valence-electron chi connectivity index (χ1n) is 10.6. The van der Waals surface area contributed by atoms with Gasteiger partial charge in [-0.25, -0.2) is 8.42 Å². The van der Waals surface area contributed by atoms with E-state index in [2.05, 4.69) is 5.32 Å². The molecule has 0 radical (unpaired) electrons. The van der Waals surface area contributed by atoms with E-state index in [-0.39, 0.29) is 35.1 Å². The lowest BCUT2D eigenvalue weighted by atomic mass is 9.94. The zero-order valence-electron chi connectivity index (χ0n) is 17.0. The zero-order chi connectivity index (χ0) is 20.9. The molecule has 29 heavy (non-hydrogen) atoms. The fraction of sp³-hybridized carbons (Fsp3) is 0.667. The van der Waals surface area contributed by atoms with Crippen LogP contribution in [0.25, 0.3) is 0 Å². The summed E-state index contributed by atoms with van der Waals surface area (Å²) in [4.78, 5) is 12.9. The predicted octanol–water partition coefficient (Wildman–Crippen LogP) is 3.98. The number of nitrogens with one attached hydrogen (secondary N) is 1.